The number of ether oxygens (including phenoxy) is 2. The molecule has 0 radical (unpaired) electrons. The van der Waals surface area contributed by atoms with Gasteiger partial charge in [0, 0.05) is 11.8 Å². The first-order chi connectivity index (χ1) is 10.6. The number of anilines is 2. The van der Waals surface area contributed by atoms with E-state index in [1.807, 2.05) is 0 Å². The summed E-state index contributed by atoms with van der Waals surface area (Å²) in [5.41, 5.74) is 1.18. The van der Waals surface area contributed by atoms with Crippen LogP contribution in [0.3, 0.4) is 0 Å². The van der Waals surface area contributed by atoms with E-state index in [4.69, 9.17) is 9.47 Å². The van der Waals surface area contributed by atoms with E-state index in [-0.39, 0.29) is 18.3 Å². The van der Waals surface area contributed by atoms with Gasteiger partial charge in [0.2, 0.25) is 5.91 Å². The van der Waals surface area contributed by atoms with Gasteiger partial charge in [-0.05, 0) is 36.4 Å². The Kier molecular flexibility index (Phi) is 5.19. The molecule has 0 aromatic heterocycles. The zero-order valence-corrected chi connectivity index (χ0v) is 12.4. The molecule has 0 aliphatic heterocycles. The van der Waals surface area contributed by atoms with Gasteiger partial charge < -0.3 is 20.1 Å². The largest absolute Gasteiger partial charge is 0.497 e. The molecular formula is C16H17FN2O3. The van der Waals surface area contributed by atoms with Crippen molar-refractivity contribution >= 4 is 17.3 Å². The number of halogens is 1. The fraction of sp³-hybridized carbons (Fsp3) is 0.188. The quantitative estimate of drug-likeness (QED) is 0.861. The molecule has 2 rings (SSSR count). The molecule has 0 aliphatic rings. The van der Waals surface area contributed by atoms with Crippen LogP contribution in [0.1, 0.15) is 0 Å². The number of carbonyl (C=O) groups is 1. The van der Waals surface area contributed by atoms with Crippen LogP contribution in [0.5, 0.6) is 11.5 Å². The number of carbonyl (C=O) groups excluding carboxylic acids is 1. The Morgan fingerprint density at radius 3 is 2.45 bits per heavy atom. The maximum Gasteiger partial charge on any atom is 0.243 e. The molecular weight excluding hydrogens is 287 g/mol. The van der Waals surface area contributed by atoms with Crippen LogP contribution in [0.2, 0.25) is 0 Å². The van der Waals surface area contributed by atoms with Crippen LogP contribution in [0.15, 0.2) is 42.5 Å². The van der Waals surface area contributed by atoms with Crippen LogP contribution < -0.4 is 20.1 Å². The molecule has 0 fully saturated rings. The molecule has 22 heavy (non-hydrogen) atoms. The van der Waals surface area contributed by atoms with Gasteiger partial charge in [0.05, 0.1) is 26.5 Å². The van der Waals surface area contributed by atoms with Crippen molar-refractivity contribution in [2.45, 2.75) is 0 Å². The van der Waals surface area contributed by atoms with Crippen molar-refractivity contribution in [3.05, 3.63) is 48.3 Å². The lowest BCUT2D eigenvalue weighted by atomic mass is 10.2. The third kappa shape index (κ3) is 4.12. The van der Waals surface area contributed by atoms with Crippen molar-refractivity contribution < 1.29 is 18.7 Å². The summed E-state index contributed by atoms with van der Waals surface area (Å²) in [5.74, 6) is 0.575. The SMILES string of the molecule is COc1ccc(OC)c(NC(=O)CNc2ccc(F)cc2)c1. The maximum atomic E-state index is 12.8. The topological polar surface area (TPSA) is 59.6 Å². The average Bonchev–Trinajstić information content (AvgIpc) is 2.54. The standard InChI is InChI=1S/C16H17FN2O3/c1-21-13-7-8-15(22-2)14(9-13)19-16(20)10-18-12-5-3-11(17)4-6-12/h3-9,18H,10H2,1-2H3,(H,19,20). The summed E-state index contributed by atoms with van der Waals surface area (Å²) in [5, 5.41) is 5.64. The van der Waals surface area contributed by atoms with Crippen LogP contribution in [0.25, 0.3) is 0 Å². The summed E-state index contributed by atoms with van der Waals surface area (Å²) in [4.78, 5) is 12.0. The van der Waals surface area contributed by atoms with Crippen LogP contribution in [0, 0.1) is 5.82 Å². The van der Waals surface area contributed by atoms with Crippen molar-refractivity contribution in [3.63, 3.8) is 0 Å². The van der Waals surface area contributed by atoms with Gasteiger partial charge in [-0.2, -0.15) is 0 Å². The lowest BCUT2D eigenvalue weighted by Gasteiger charge is -2.12. The van der Waals surface area contributed by atoms with Crippen molar-refractivity contribution in [2.75, 3.05) is 31.4 Å². The third-order valence-electron chi connectivity index (χ3n) is 2.98. The number of rotatable bonds is 6. The number of hydrogen-bond donors (Lipinski definition) is 2. The Hall–Kier alpha value is -2.76. The lowest BCUT2D eigenvalue weighted by molar-refractivity contribution is -0.114. The molecule has 1 amide bonds. The number of hydrogen-bond acceptors (Lipinski definition) is 4. The molecule has 0 atom stereocenters. The second-order valence-electron chi connectivity index (χ2n) is 4.47. The van der Waals surface area contributed by atoms with E-state index in [1.165, 1.54) is 19.2 Å². The molecule has 0 saturated heterocycles. The van der Waals surface area contributed by atoms with Crippen molar-refractivity contribution in [3.8, 4) is 11.5 Å². The van der Waals surface area contributed by atoms with Gasteiger partial charge >= 0.3 is 0 Å². The van der Waals surface area contributed by atoms with Crippen LogP contribution >= 0.6 is 0 Å². The summed E-state index contributed by atoms with van der Waals surface area (Å²) < 4.78 is 23.1. The molecule has 0 unspecified atom stereocenters. The predicted molar refractivity (Wildman–Crippen MR) is 83.1 cm³/mol. The van der Waals surface area contributed by atoms with E-state index in [2.05, 4.69) is 10.6 Å². The van der Waals surface area contributed by atoms with Crippen LogP contribution in [-0.2, 0) is 4.79 Å². The van der Waals surface area contributed by atoms with Crippen molar-refractivity contribution in [1.29, 1.82) is 0 Å². The van der Waals surface area contributed by atoms with E-state index in [1.54, 1.807) is 37.4 Å². The van der Waals surface area contributed by atoms with Crippen molar-refractivity contribution in [2.24, 2.45) is 0 Å². The zero-order valence-electron chi connectivity index (χ0n) is 12.4. The molecule has 6 heteroatoms. The summed E-state index contributed by atoms with van der Waals surface area (Å²) in [7, 11) is 3.07. The first-order valence-corrected chi connectivity index (χ1v) is 6.63. The van der Waals surface area contributed by atoms with E-state index >= 15 is 0 Å². The summed E-state index contributed by atoms with van der Waals surface area (Å²) in [6, 6.07) is 10.9. The number of methoxy groups -OCH3 is 2. The third-order valence-corrected chi connectivity index (χ3v) is 2.98. The monoisotopic (exact) mass is 304 g/mol. The Labute approximate surface area is 128 Å². The number of nitrogens with one attached hydrogen (secondary N) is 2. The van der Waals surface area contributed by atoms with E-state index in [0.29, 0.717) is 22.9 Å². The Morgan fingerprint density at radius 2 is 1.82 bits per heavy atom. The van der Waals surface area contributed by atoms with Gasteiger partial charge in [0.25, 0.3) is 0 Å². The average molecular weight is 304 g/mol. The van der Waals surface area contributed by atoms with Crippen molar-refractivity contribution in [1.82, 2.24) is 0 Å². The molecule has 0 bridgehead atoms. The smallest absolute Gasteiger partial charge is 0.243 e. The summed E-state index contributed by atoms with van der Waals surface area (Å²) >= 11 is 0. The first-order valence-electron chi connectivity index (χ1n) is 6.63. The lowest BCUT2D eigenvalue weighted by Crippen LogP contribution is -2.22. The summed E-state index contributed by atoms with van der Waals surface area (Å²) in [6.07, 6.45) is 0. The van der Waals surface area contributed by atoms with E-state index in [9.17, 15) is 9.18 Å². The number of benzene rings is 2. The van der Waals surface area contributed by atoms with Gasteiger partial charge in [-0.15, -0.1) is 0 Å². The maximum absolute atomic E-state index is 12.8. The second-order valence-corrected chi connectivity index (χ2v) is 4.47. The van der Waals surface area contributed by atoms with Gasteiger partial charge in [-0.3, -0.25) is 4.79 Å². The highest BCUT2D eigenvalue weighted by Crippen LogP contribution is 2.28. The number of amides is 1. The van der Waals surface area contributed by atoms with Crippen LogP contribution in [-0.4, -0.2) is 26.7 Å². The predicted octanol–water partition coefficient (Wildman–Crippen LogP) is 2.89. The molecule has 2 aromatic rings. The molecule has 0 aliphatic carbocycles. The Bertz CT molecular complexity index is 644. The highest BCUT2D eigenvalue weighted by molar-refractivity contribution is 5.95. The molecule has 116 valence electrons. The van der Waals surface area contributed by atoms with Gasteiger partial charge in [0.1, 0.15) is 17.3 Å². The molecule has 2 aromatic carbocycles. The molecule has 2 N–H and O–H groups in total. The highest BCUT2D eigenvalue weighted by Gasteiger charge is 2.09. The molecule has 0 saturated carbocycles. The Balaban J connectivity index is 1.98. The van der Waals surface area contributed by atoms with Gasteiger partial charge in [-0.25, -0.2) is 4.39 Å². The van der Waals surface area contributed by atoms with E-state index < -0.39 is 0 Å². The van der Waals surface area contributed by atoms with Gasteiger partial charge in [-0.1, -0.05) is 0 Å². The fourth-order valence-corrected chi connectivity index (χ4v) is 1.86. The minimum Gasteiger partial charge on any atom is -0.497 e. The first kappa shape index (κ1) is 15.6. The van der Waals surface area contributed by atoms with Gasteiger partial charge in [0.15, 0.2) is 0 Å². The van der Waals surface area contributed by atoms with Crippen LogP contribution in [0.4, 0.5) is 15.8 Å². The van der Waals surface area contributed by atoms with E-state index in [0.717, 1.165) is 0 Å². The minimum atomic E-state index is -0.323. The second kappa shape index (κ2) is 7.31. The minimum absolute atomic E-state index is 0.0476. The molecule has 0 heterocycles. The zero-order chi connectivity index (χ0) is 15.9. The highest BCUT2D eigenvalue weighted by atomic mass is 19.1. The normalized spacial score (nSPS) is 9.95. The summed E-state index contributed by atoms with van der Waals surface area (Å²) in [6.45, 7) is 0.0476. The molecule has 0 spiro atoms. The fourth-order valence-electron chi connectivity index (χ4n) is 1.86. The molecule has 5 nitrogen and oxygen atoms in total. The Morgan fingerprint density at radius 1 is 1.09 bits per heavy atom.